The first kappa shape index (κ1) is 29.9. The van der Waals surface area contributed by atoms with Crippen molar-refractivity contribution in [1.82, 2.24) is 29.7 Å². The third kappa shape index (κ3) is 4.72. The molecule has 2 unspecified atom stereocenters. The molecule has 3 aliphatic rings. The van der Waals surface area contributed by atoms with Gasteiger partial charge in [-0.3, -0.25) is 14.4 Å². The van der Waals surface area contributed by atoms with Crippen LogP contribution in [0.25, 0.3) is 11.0 Å². The van der Waals surface area contributed by atoms with Crippen molar-refractivity contribution in [2.45, 2.75) is 70.5 Å². The molecule has 42 heavy (non-hydrogen) atoms. The highest BCUT2D eigenvalue weighted by Crippen LogP contribution is 2.59. The van der Waals surface area contributed by atoms with Crippen molar-refractivity contribution in [3.05, 3.63) is 49.6 Å². The number of benzene rings is 1. The SMILES string of the molecule is C=CCN(Cn1nnc2ccccc21)C(=O)C1N([C@@H](CO)C(C)C)C(=O)[C@@H]2[C@@H](C(=O)N(CC=C)CCC)[C@H]3CCC12O3. The second-order valence-electron chi connectivity index (χ2n) is 11.9. The van der Waals surface area contributed by atoms with Gasteiger partial charge in [-0.25, -0.2) is 4.68 Å². The van der Waals surface area contributed by atoms with Crippen molar-refractivity contribution >= 4 is 28.8 Å². The van der Waals surface area contributed by atoms with Gasteiger partial charge in [-0.15, -0.1) is 18.3 Å². The maximum Gasteiger partial charge on any atom is 0.250 e. The first-order valence-corrected chi connectivity index (χ1v) is 14.9. The van der Waals surface area contributed by atoms with E-state index in [9.17, 15) is 19.5 Å². The molecule has 2 bridgehead atoms. The van der Waals surface area contributed by atoms with Crippen LogP contribution < -0.4 is 0 Å². The van der Waals surface area contributed by atoms with Crippen molar-refractivity contribution < 1.29 is 24.2 Å². The molecule has 3 amide bonds. The molecule has 2 aromatic rings. The van der Waals surface area contributed by atoms with Crippen LogP contribution in [-0.4, -0.2) is 103 Å². The molecule has 3 fully saturated rings. The van der Waals surface area contributed by atoms with Gasteiger partial charge in [0.15, 0.2) is 0 Å². The van der Waals surface area contributed by atoms with E-state index in [-0.39, 0.29) is 43.5 Å². The van der Waals surface area contributed by atoms with Crippen LogP contribution in [0.5, 0.6) is 0 Å². The summed E-state index contributed by atoms with van der Waals surface area (Å²) in [5.74, 6) is -2.42. The Morgan fingerprint density at radius 1 is 1.19 bits per heavy atom. The second-order valence-corrected chi connectivity index (χ2v) is 11.9. The lowest BCUT2D eigenvalue weighted by Gasteiger charge is -2.40. The number of carbonyl (C=O) groups excluding carboxylic acids is 3. The summed E-state index contributed by atoms with van der Waals surface area (Å²) in [7, 11) is 0. The van der Waals surface area contributed by atoms with Gasteiger partial charge in [-0.1, -0.05) is 50.3 Å². The van der Waals surface area contributed by atoms with Crippen LogP contribution in [0, 0.1) is 17.8 Å². The molecule has 4 heterocycles. The maximum atomic E-state index is 14.7. The lowest BCUT2D eigenvalue weighted by molar-refractivity contribution is -0.154. The minimum absolute atomic E-state index is 0.0888. The molecule has 3 aliphatic heterocycles. The van der Waals surface area contributed by atoms with Crippen molar-refractivity contribution in [2.24, 2.45) is 17.8 Å². The van der Waals surface area contributed by atoms with Gasteiger partial charge < -0.3 is 24.5 Å². The highest BCUT2D eigenvalue weighted by molar-refractivity contribution is 5.99. The van der Waals surface area contributed by atoms with Crippen LogP contribution >= 0.6 is 0 Å². The standard InChI is InChI=1S/C31H42N6O5/c1-6-15-34(16-7-2)28(39)25-24-13-14-31(42-24)26(25)29(40)37(23(18-38)20(4)5)27(31)30(41)35(17-8-3)19-36-22-12-10-9-11-21(22)32-33-36/h6,8-12,20,23-27,38H,1,3,7,13-19H2,2,4-5H3/t23-,24+,25-,26-,27?,31?/m0/s1. The number of ether oxygens (including phenoxy) is 1. The number of aliphatic hydroxyl groups is 1. The number of rotatable bonds is 13. The second kappa shape index (κ2) is 12.0. The van der Waals surface area contributed by atoms with E-state index in [4.69, 9.17) is 4.74 Å². The molecule has 5 rings (SSSR count). The Morgan fingerprint density at radius 2 is 1.90 bits per heavy atom. The molecule has 226 valence electrons. The fraction of sp³-hybridized carbons (Fsp3) is 0.581. The molecule has 6 atom stereocenters. The summed E-state index contributed by atoms with van der Waals surface area (Å²) in [4.78, 5) is 48.0. The van der Waals surface area contributed by atoms with Gasteiger partial charge in [0.05, 0.1) is 36.1 Å². The summed E-state index contributed by atoms with van der Waals surface area (Å²) >= 11 is 0. The fourth-order valence-electron chi connectivity index (χ4n) is 7.29. The normalized spacial score (nSPS) is 27.0. The zero-order chi connectivity index (χ0) is 30.2. The average Bonchev–Trinajstić information content (AvgIpc) is 3.72. The van der Waals surface area contributed by atoms with E-state index in [0.717, 1.165) is 11.9 Å². The number of hydrogen-bond donors (Lipinski definition) is 1. The molecule has 1 aromatic heterocycles. The van der Waals surface area contributed by atoms with Crippen molar-refractivity contribution in [2.75, 3.05) is 26.2 Å². The van der Waals surface area contributed by atoms with E-state index in [1.54, 1.807) is 26.6 Å². The largest absolute Gasteiger partial charge is 0.394 e. The number of carbonyl (C=O) groups is 3. The third-order valence-electron chi connectivity index (χ3n) is 9.11. The quantitative estimate of drug-likeness (QED) is 0.362. The zero-order valence-electron chi connectivity index (χ0n) is 24.8. The van der Waals surface area contributed by atoms with Crippen molar-refractivity contribution in [3.63, 3.8) is 0 Å². The number of amides is 3. The lowest BCUT2D eigenvalue weighted by Crippen LogP contribution is -2.59. The van der Waals surface area contributed by atoms with E-state index < -0.39 is 35.6 Å². The summed E-state index contributed by atoms with van der Waals surface area (Å²) < 4.78 is 8.29. The molecule has 1 spiro atoms. The Kier molecular flexibility index (Phi) is 8.52. The predicted molar refractivity (Wildman–Crippen MR) is 157 cm³/mol. The van der Waals surface area contributed by atoms with E-state index in [0.29, 0.717) is 31.4 Å². The van der Waals surface area contributed by atoms with Crippen LogP contribution in [-0.2, 0) is 25.8 Å². The maximum absolute atomic E-state index is 14.7. The van der Waals surface area contributed by atoms with Crippen LogP contribution in [0.15, 0.2) is 49.6 Å². The van der Waals surface area contributed by atoms with Gasteiger partial charge in [-0.2, -0.15) is 0 Å². The van der Waals surface area contributed by atoms with Crippen LogP contribution in [0.2, 0.25) is 0 Å². The molecule has 11 heteroatoms. The smallest absolute Gasteiger partial charge is 0.250 e. The number of aromatic nitrogens is 3. The van der Waals surface area contributed by atoms with Crippen LogP contribution in [0.4, 0.5) is 0 Å². The van der Waals surface area contributed by atoms with Crippen molar-refractivity contribution in [1.29, 1.82) is 0 Å². The van der Waals surface area contributed by atoms with E-state index in [1.807, 2.05) is 45.0 Å². The number of likely N-dealkylation sites (tertiary alicyclic amines) is 1. The lowest BCUT2D eigenvalue weighted by atomic mass is 9.70. The molecule has 0 saturated carbocycles. The number of para-hydroxylation sites is 1. The Labute approximate surface area is 246 Å². The average molecular weight is 579 g/mol. The molecular weight excluding hydrogens is 536 g/mol. The molecule has 0 aliphatic carbocycles. The van der Waals surface area contributed by atoms with E-state index in [2.05, 4.69) is 23.5 Å². The first-order chi connectivity index (χ1) is 20.2. The summed E-state index contributed by atoms with van der Waals surface area (Å²) in [6.07, 6.45) is 4.69. The summed E-state index contributed by atoms with van der Waals surface area (Å²) in [6.45, 7) is 14.4. The highest BCUT2D eigenvalue weighted by atomic mass is 16.5. The number of hydrogen-bond acceptors (Lipinski definition) is 7. The topological polar surface area (TPSA) is 121 Å². The van der Waals surface area contributed by atoms with Gasteiger partial charge in [0, 0.05) is 19.6 Å². The predicted octanol–water partition coefficient (Wildman–Crippen LogP) is 2.22. The first-order valence-electron chi connectivity index (χ1n) is 14.9. The van der Waals surface area contributed by atoms with Gasteiger partial charge in [0.25, 0.3) is 0 Å². The van der Waals surface area contributed by atoms with Gasteiger partial charge in [0.1, 0.15) is 23.8 Å². The number of fused-ring (bicyclic) bond motifs is 2. The summed E-state index contributed by atoms with van der Waals surface area (Å²) in [6, 6.07) is 5.86. The van der Waals surface area contributed by atoms with Crippen molar-refractivity contribution in [3.8, 4) is 0 Å². The Morgan fingerprint density at radius 3 is 2.57 bits per heavy atom. The molecular formula is C31H42N6O5. The fourth-order valence-corrected chi connectivity index (χ4v) is 7.29. The number of aliphatic hydroxyl groups excluding tert-OH is 1. The number of nitrogens with zero attached hydrogens (tertiary/aromatic N) is 6. The Hall–Kier alpha value is -3.57. The zero-order valence-corrected chi connectivity index (χ0v) is 24.8. The van der Waals surface area contributed by atoms with Gasteiger partial charge in [0.2, 0.25) is 17.7 Å². The van der Waals surface area contributed by atoms with Crippen LogP contribution in [0.3, 0.4) is 0 Å². The van der Waals surface area contributed by atoms with Gasteiger partial charge in [-0.05, 0) is 37.3 Å². The Bertz CT molecular complexity index is 1360. The molecule has 1 aromatic carbocycles. The van der Waals surface area contributed by atoms with Gasteiger partial charge >= 0.3 is 0 Å². The highest BCUT2D eigenvalue weighted by Gasteiger charge is 2.75. The van der Waals surface area contributed by atoms with Crippen LogP contribution in [0.1, 0.15) is 40.0 Å². The third-order valence-corrected chi connectivity index (χ3v) is 9.11. The summed E-state index contributed by atoms with van der Waals surface area (Å²) in [5, 5.41) is 19.0. The molecule has 11 nitrogen and oxygen atoms in total. The van der Waals surface area contributed by atoms with E-state index >= 15 is 0 Å². The summed E-state index contributed by atoms with van der Waals surface area (Å²) in [5.41, 5.74) is 0.305. The molecule has 1 N–H and O–H groups in total. The minimum atomic E-state index is -1.17. The molecule has 3 saturated heterocycles. The monoisotopic (exact) mass is 578 g/mol. The Balaban J connectivity index is 1.56. The van der Waals surface area contributed by atoms with E-state index in [1.165, 1.54) is 4.90 Å². The molecule has 0 radical (unpaired) electrons. The minimum Gasteiger partial charge on any atom is -0.394 e.